The number of benzene rings is 2. The molecule has 1 amide bonds. The maximum atomic E-state index is 14.1. The van der Waals surface area contributed by atoms with Crippen molar-refractivity contribution in [2.24, 2.45) is 5.73 Å². The third kappa shape index (κ3) is 4.37. The molecule has 0 unspecified atom stereocenters. The number of alkyl halides is 2. The Kier molecular flexibility index (Phi) is 6.01. The van der Waals surface area contributed by atoms with Crippen LogP contribution in [0, 0.1) is 10.1 Å². The largest absolute Gasteiger partial charge is 0.462 e. The number of halogens is 2. The van der Waals surface area contributed by atoms with Gasteiger partial charge in [-0.15, -0.1) is 0 Å². The topological polar surface area (TPSA) is 112 Å². The number of likely N-dealkylation sites (tertiary alicyclic amines) is 1. The van der Waals surface area contributed by atoms with E-state index < -0.39 is 34.2 Å². The zero-order valence-electron chi connectivity index (χ0n) is 17.3. The van der Waals surface area contributed by atoms with Crippen molar-refractivity contribution >= 4 is 11.6 Å². The zero-order chi connectivity index (χ0) is 23.6. The average molecular weight is 454 g/mol. The van der Waals surface area contributed by atoms with Crippen molar-refractivity contribution in [3.8, 4) is 5.88 Å². The lowest BCUT2D eigenvalue weighted by Gasteiger charge is -2.51. The molecule has 0 atom stereocenters. The maximum Gasteiger partial charge on any atom is 0.300 e. The van der Waals surface area contributed by atoms with Crippen LogP contribution in [0.3, 0.4) is 0 Å². The summed E-state index contributed by atoms with van der Waals surface area (Å²) in [4.78, 5) is 27.4. The Morgan fingerprint density at radius 3 is 2.03 bits per heavy atom. The number of hydrogen-bond acceptors (Lipinski definition) is 6. The Morgan fingerprint density at radius 1 is 1.03 bits per heavy atom. The molecule has 2 heterocycles. The van der Waals surface area contributed by atoms with Gasteiger partial charge in [0.2, 0.25) is 11.6 Å². The molecule has 0 aliphatic carbocycles. The molecule has 170 valence electrons. The fourth-order valence-electron chi connectivity index (χ4n) is 3.98. The van der Waals surface area contributed by atoms with Crippen LogP contribution in [0.25, 0.3) is 0 Å². The molecule has 0 spiro atoms. The van der Waals surface area contributed by atoms with E-state index in [1.54, 1.807) is 0 Å². The number of pyridine rings is 1. The average Bonchev–Trinajstić information content (AvgIpc) is 2.78. The first-order chi connectivity index (χ1) is 15.8. The fraction of sp³-hybridized carbons (Fsp3) is 0.217. The molecular weight excluding hydrogens is 434 g/mol. The number of primary amides is 1. The van der Waals surface area contributed by atoms with Crippen LogP contribution in [0.2, 0.25) is 0 Å². The molecule has 10 heteroatoms. The predicted molar refractivity (Wildman–Crippen MR) is 115 cm³/mol. The van der Waals surface area contributed by atoms with Gasteiger partial charge in [-0.1, -0.05) is 60.7 Å². The molecule has 0 bridgehead atoms. The standard InChI is InChI=1S/C23H20F2N4O4/c24-22(25)23(33-18-12-11-17(29(31)32)19(27-18)21(26)30)13-28(14-23)20(15-7-3-1-4-8-15)16-9-5-2-6-10-16/h1-12,20,22H,13-14H2,(H2,26,30). The van der Waals surface area contributed by atoms with Crippen molar-refractivity contribution in [1.29, 1.82) is 0 Å². The maximum absolute atomic E-state index is 14.1. The number of aromatic nitrogens is 1. The van der Waals surface area contributed by atoms with Crippen molar-refractivity contribution in [3.63, 3.8) is 0 Å². The van der Waals surface area contributed by atoms with E-state index in [0.717, 1.165) is 23.3 Å². The molecule has 2 aromatic carbocycles. The van der Waals surface area contributed by atoms with Crippen molar-refractivity contribution in [1.82, 2.24) is 9.88 Å². The van der Waals surface area contributed by atoms with Gasteiger partial charge >= 0.3 is 5.69 Å². The summed E-state index contributed by atoms with van der Waals surface area (Å²) in [7, 11) is 0. The van der Waals surface area contributed by atoms with Gasteiger partial charge in [0.1, 0.15) is 0 Å². The molecule has 3 aromatic rings. The van der Waals surface area contributed by atoms with E-state index >= 15 is 0 Å². The smallest absolute Gasteiger partial charge is 0.300 e. The number of rotatable bonds is 8. The van der Waals surface area contributed by atoms with Gasteiger partial charge in [-0.3, -0.25) is 19.8 Å². The van der Waals surface area contributed by atoms with Gasteiger partial charge in [0.25, 0.3) is 12.3 Å². The molecule has 4 rings (SSSR count). The van der Waals surface area contributed by atoms with Crippen molar-refractivity contribution in [2.45, 2.75) is 18.1 Å². The quantitative estimate of drug-likeness (QED) is 0.411. The van der Waals surface area contributed by atoms with Gasteiger partial charge in [0.15, 0.2) is 5.60 Å². The second kappa shape index (κ2) is 8.91. The van der Waals surface area contributed by atoms with Gasteiger partial charge in [-0.25, -0.2) is 13.8 Å². The SMILES string of the molecule is NC(=O)c1nc(OC2(C(F)F)CN(C(c3ccccc3)c3ccccc3)C2)ccc1[N+](=O)[O-]. The van der Waals surface area contributed by atoms with E-state index in [-0.39, 0.29) is 25.0 Å². The third-order valence-electron chi connectivity index (χ3n) is 5.52. The van der Waals surface area contributed by atoms with Crippen LogP contribution >= 0.6 is 0 Å². The van der Waals surface area contributed by atoms with Gasteiger partial charge < -0.3 is 10.5 Å². The Morgan fingerprint density at radius 2 is 1.58 bits per heavy atom. The molecule has 1 aliphatic rings. The Balaban J connectivity index is 1.62. The van der Waals surface area contributed by atoms with E-state index in [1.807, 2.05) is 65.6 Å². The molecule has 8 nitrogen and oxygen atoms in total. The van der Waals surface area contributed by atoms with E-state index in [2.05, 4.69) is 4.98 Å². The van der Waals surface area contributed by atoms with E-state index in [4.69, 9.17) is 10.5 Å². The number of nitrogens with zero attached hydrogens (tertiary/aromatic N) is 3. The summed E-state index contributed by atoms with van der Waals surface area (Å²) >= 11 is 0. The summed E-state index contributed by atoms with van der Waals surface area (Å²) in [6, 6.07) is 20.8. The molecular formula is C23H20F2N4O4. The van der Waals surface area contributed by atoms with Crippen LogP contribution in [-0.4, -0.2) is 45.8 Å². The Labute approximate surface area is 187 Å². The molecule has 1 aliphatic heterocycles. The van der Waals surface area contributed by atoms with Crippen LogP contribution in [-0.2, 0) is 0 Å². The second-order valence-electron chi connectivity index (χ2n) is 7.74. The number of ether oxygens (including phenoxy) is 1. The molecule has 1 aromatic heterocycles. The van der Waals surface area contributed by atoms with E-state index in [9.17, 15) is 23.7 Å². The molecule has 0 saturated carbocycles. The highest BCUT2D eigenvalue weighted by Gasteiger charge is 2.55. The van der Waals surface area contributed by atoms with Gasteiger partial charge in [-0.2, -0.15) is 0 Å². The fourth-order valence-corrected chi connectivity index (χ4v) is 3.98. The van der Waals surface area contributed by atoms with Crippen molar-refractivity contribution in [3.05, 3.63) is 99.7 Å². The summed E-state index contributed by atoms with van der Waals surface area (Å²) in [6.45, 7) is -0.243. The molecule has 33 heavy (non-hydrogen) atoms. The number of nitro groups is 1. The summed E-state index contributed by atoms with van der Waals surface area (Å²) in [5, 5.41) is 11.1. The minimum absolute atomic E-state index is 0.121. The number of hydrogen-bond donors (Lipinski definition) is 1. The second-order valence-corrected chi connectivity index (χ2v) is 7.74. The van der Waals surface area contributed by atoms with Gasteiger partial charge in [0, 0.05) is 25.2 Å². The van der Waals surface area contributed by atoms with Crippen LogP contribution < -0.4 is 10.5 Å². The Hall–Kier alpha value is -3.92. The normalized spacial score (nSPS) is 15.3. The lowest BCUT2D eigenvalue weighted by molar-refractivity contribution is -0.385. The Bertz CT molecular complexity index is 1120. The van der Waals surface area contributed by atoms with E-state index in [1.165, 1.54) is 0 Å². The van der Waals surface area contributed by atoms with Gasteiger partial charge in [-0.05, 0) is 11.1 Å². The predicted octanol–water partition coefficient (Wildman–Crippen LogP) is 3.58. The van der Waals surface area contributed by atoms with Crippen LogP contribution in [0.4, 0.5) is 14.5 Å². The van der Waals surface area contributed by atoms with Crippen LogP contribution in [0.15, 0.2) is 72.8 Å². The highest BCUT2D eigenvalue weighted by atomic mass is 19.3. The summed E-state index contributed by atoms with van der Waals surface area (Å²) in [5.74, 6) is -1.48. The minimum atomic E-state index is -2.87. The highest BCUT2D eigenvalue weighted by Crippen LogP contribution is 2.41. The van der Waals surface area contributed by atoms with E-state index in [0.29, 0.717) is 0 Å². The number of carbonyl (C=O) groups is 1. The minimum Gasteiger partial charge on any atom is -0.462 e. The third-order valence-corrected chi connectivity index (χ3v) is 5.52. The summed E-state index contributed by atoms with van der Waals surface area (Å²) in [6.07, 6.45) is -2.87. The van der Waals surface area contributed by atoms with Crippen LogP contribution in [0.5, 0.6) is 5.88 Å². The van der Waals surface area contributed by atoms with Gasteiger partial charge in [0.05, 0.1) is 11.0 Å². The molecule has 1 fully saturated rings. The summed E-state index contributed by atoms with van der Waals surface area (Å²) < 4.78 is 33.8. The van der Waals surface area contributed by atoms with Crippen molar-refractivity contribution < 1.29 is 23.2 Å². The van der Waals surface area contributed by atoms with Crippen LogP contribution in [0.1, 0.15) is 27.7 Å². The summed E-state index contributed by atoms with van der Waals surface area (Å²) in [5.41, 5.74) is 3.89. The zero-order valence-corrected chi connectivity index (χ0v) is 17.3. The molecule has 1 saturated heterocycles. The van der Waals surface area contributed by atoms with Crippen molar-refractivity contribution in [2.75, 3.05) is 13.1 Å². The lowest BCUT2D eigenvalue weighted by atomic mass is 9.87. The number of carbonyl (C=O) groups excluding carboxylic acids is 1. The monoisotopic (exact) mass is 454 g/mol. The first kappa shape index (κ1) is 22.3. The first-order valence-electron chi connectivity index (χ1n) is 10.1. The first-order valence-corrected chi connectivity index (χ1v) is 10.1. The molecule has 0 radical (unpaired) electrons. The number of nitrogens with two attached hydrogens (primary N) is 1. The number of amides is 1. The lowest BCUT2D eigenvalue weighted by Crippen LogP contribution is -2.69. The molecule has 2 N–H and O–H groups in total. The highest BCUT2D eigenvalue weighted by molar-refractivity contribution is 5.94.